The van der Waals surface area contributed by atoms with Crippen LogP contribution >= 0.6 is 0 Å². The Balaban J connectivity index is 1.62. The fourth-order valence-corrected chi connectivity index (χ4v) is 5.71. The molecule has 13 nitrogen and oxygen atoms in total. The Morgan fingerprint density at radius 1 is 0.872 bits per heavy atom. The van der Waals surface area contributed by atoms with Crippen LogP contribution in [-0.2, 0) is 42.7 Å². The van der Waals surface area contributed by atoms with Crippen molar-refractivity contribution in [3.05, 3.63) is 47.9 Å². The van der Waals surface area contributed by atoms with Crippen LogP contribution in [0.1, 0.15) is 36.5 Å². The molecule has 1 fully saturated rings. The predicted molar refractivity (Wildman–Crippen MR) is 172 cm³/mol. The maximum Gasteiger partial charge on any atom is 0.288 e. The van der Waals surface area contributed by atoms with Gasteiger partial charge in [-0.05, 0) is 31.1 Å². The molecule has 0 radical (unpaired) electrons. The van der Waals surface area contributed by atoms with Crippen molar-refractivity contribution < 1.29 is 52.6 Å². The van der Waals surface area contributed by atoms with Gasteiger partial charge in [0.15, 0.2) is 5.76 Å². The number of amides is 1. The van der Waals surface area contributed by atoms with Gasteiger partial charge in [-0.1, -0.05) is 18.2 Å². The SMILES string of the molecule is CCO[C@@H]1OC(C(=O)N2CCOCCOCCOCCOCC2)=C[C@H](c2cn(C(C)=O)c3ccccc23)[C@H]1CCOCCOCCO. The molecule has 0 aliphatic carbocycles. The van der Waals surface area contributed by atoms with Gasteiger partial charge in [0.25, 0.3) is 5.91 Å². The van der Waals surface area contributed by atoms with Crippen LogP contribution in [0.4, 0.5) is 0 Å². The monoisotopic (exact) mass is 662 g/mol. The Kier molecular flexibility index (Phi) is 16.1. The Bertz CT molecular complexity index is 1250. The third kappa shape index (κ3) is 11.1. The number of fused-ring (bicyclic) bond motifs is 1. The van der Waals surface area contributed by atoms with Crippen LogP contribution in [0.25, 0.3) is 10.9 Å². The van der Waals surface area contributed by atoms with E-state index < -0.39 is 6.29 Å². The van der Waals surface area contributed by atoms with Crippen LogP contribution in [0.15, 0.2) is 42.3 Å². The third-order valence-electron chi connectivity index (χ3n) is 7.99. The summed E-state index contributed by atoms with van der Waals surface area (Å²) >= 11 is 0. The van der Waals surface area contributed by atoms with Gasteiger partial charge in [-0.3, -0.25) is 14.2 Å². The van der Waals surface area contributed by atoms with Gasteiger partial charge in [0.1, 0.15) is 0 Å². The number of carbonyl (C=O) groups excluding carboxylic acids is 2. The summed E-state index contributed by atoms with van der Waals surface area (Å²) in [4.78, 5) is 28.5. The standard InChI is InChI=1S/C34H50N2O11/c1-3-46-34-28(8-12-40-16-19-43-15-11-37)29(30-25-36(26(2)38)31-7-5-4-6-27(30)31)24-32(47-34)33(39)35-9-13-41-17-20-44-22-23-45-21-18-42-14-10-35/h4-7,24-25,28-29,34,37H,3,8-23H2,1-2H3/t28-,29+,34-/m1/s1. The molecule has 1 amide bonds. The van der Waals surface area contributed by atoms with E-state index in [9.17, 15) is 9.59 Å². The summed E-state index contributed by atoms with van der Waals surface area (Å²) in [6.07, 6.45) is 3.53. The molecule has 1 saturated heterocycles. The first-order valence-electron chi connectivity index (χ1n) is 16.5. The fraction of sp³-hybridized carbons (Fsp3) is 0.647. The molecule has 0 unspecified atom stereocenters. The Morgan fingerprint density at radius 2 is 1.49 bits per heavy atom. The summed E-state index contributed by atoms with van der Waals surface area (Å²) in [7, 11) is 0. The van der Waals surface area contributed by atoms with Crippen LogP contribution < -0.4 is 0 Å². The van der Waals surface area contributed by atoms with E-state index in [0.29, 0.717) is 98.8 Å². The van der Waals surface area contributed by atoms with E-state index >= 15 is 0 Å². The molecule has 2 aliphatic rings. The average molecular weight is 663 g/mol. The molecule has 0 bridgehead atoms. The number of rotatable bonds is 12. The fourth-order valence-electron chi connectivity index (χ4n) is 5.71. The molecule has 262 valence electrons. The van der Waals surface area contributed by atoms with Crippen LogP contribution in [-0.4, -0.2) is 138 Å². The first-order valence-corrected chi connectivity index (χ1v) is 16.5. The van der Waals surface area contributed by atoms with Crippen molar-refractivity contribution >= 4 is 22.7 Å². The minimum atomic E-state index is -0.743. The summed E-state index contributed by atoms with van der Waals surface area (Å²) < 4.78 is 47.9. The molecule has 0 spiro atoms. The molecule has 3 heterocycles. The van der Waals surface area contributed by atoms with E-state index in [1.807, 2.05) is 43.5 Å². The Labute approximate surface area is 276 Å². The zero-order valence-corrected chi connectivity index (χ0v) is 27.6. The van der Waals surface area contributed by atoms with E-state index in [4.69, 9.17) is 43.0 Å². The quantitative estimate of drug-likeness (QED) is 0.336. The number of ether oxygens (including phenoxy) is 8. The highest BCUT2D eigenvalue weighted by atomic mass is 16.7. The molecule has 4 rings (SSSR count). The zero-order chi connectivity index (χ0) is 33.3. The van der Waals surface area contributed by atoms with Crippen molar-refractivity contribution in [3.63, 3.8) is 0 Å². The summed E-state index contributed by atoms with van der Waals surface area (Å²) in [5.74, 6) is -0.793. The lowest BCUT2D eigenvalue weighted by Crippen LogP contribution is -2.43. The number of hydrogen-bond donors (Lipinski definition) is 1. The Morgan fingerprint density at radius 3 is 2.11 bits per heavy atom. The van der Waals surface area contributed by atoms with Gasteiger partial charge in [0.05, 0.1) is 84.8 Å². The topological polar surface area (TPSA) is 136 Å². The van der Waals surface area contributed by atoms with Gasteiger partial charge >= 0.3 is 0 Å². The van der Waals surface area contributed by atoms with Crippen molar-refractivity contribution in [2.75, 3.05) is 106 Å². The van der Waals surface area contributed by atoms with Gasteiger partial charge in [-0.15, -0.1) is 0 Å². The number of carbonyl (C=O) groups is 2. The second-order valence-electron chi connectivity index (χ2n) is 11.1. The number of aliphatic hydroxyl groups excluding tert-OH is 1. The van der Waals surface area contributed by atoms with E-state index in [2.05, 4.69) is 0 Å². The van der Waals surface area contributed by atoms with E-state index in [1.165, 1.54) is 6.92 Å². The number of aromatic nitrogens is 1. The maximum atomic E-state index is 14.1. The predicted octanol–water partition coefficient (Wildman–Crippen LogP) is 2.60. The van der Waals surface area contributed by atoms with Gasteiger partial charge in [0.2, 0.25) is 12.2 Å². The summed E-state index contributed by atoms with van der Waals surface area (Å²) in [6, 6.07) is 7.74. The maximum absolute atomic E-state index is 14.1. The largest absolute Gasteiger partial charge is 0.459 e. The molecular weight excluding hydrogens is 612 g/mol. The van der Waals surface area contributed by atoms with Crippen LogP contribution in [0.5, 0.6) is 0 Å². The molecule has 1 aromatic heterocycles. The second kappa shape index (κ2) is 20.5. The molecule has 13 heteroatoms. The lowest BCUT2D eigenvalue weighted by Gasteiger charge is -2.38. The summed E-state index contributed by atoms with van der Waals surface area (Å²) in [6.45, 7) is 9.12. The molecule has 3 atom stereocenters. The first kappa shape index (κ1) is 36.9. The molecule has 1 N–H and O–H groups in total. The summed E-state index contributed by atoms with van der Waals surface area (Å²) in [5.41, 5.74) is 1.69. The number of benzene rings is 1. The van der Waals surface area contributed by atoms with Crippen LogP contribution in [0.3, 0.4) is 0 Å². The molecule has 1 aromatic carbocycles. The molecule has 2 aliphatic heterocycles. The lowest BCUT2D eigenvalue weighted by atomic mass is 9.81. The number of para-hydroxylation sites is 1. The average Bonchev–Trinajstić information content (AvgIpc) is 3.46. The van der Waals surface area contributed by atoms with Gasteiger partial charge in [-0.2, -0.15) is 0 Å². The van der Waals surface area contributed by atoms with Crippen LogP contribution in [0, 0.1) is 5.92 Å². The van der Waals surface area contributed by atoms with Crippen molar-refractivity contribution in [1.29, 1.82) is 0 Å². The zero-order valence-electron chi connectivity index (χ0n) is 27.6. The van der Waals surface area contributed by atoms with Crippen molar-refractivity contribution in [2.45, 2.75) is 32.5 Å². The highest BCUT2D eigenvalue weighted by Gasteiger charge is 2.40. The van der Waals surface area contributed by atoms with Crippen molar-refractivity contribution in [2.24, 2.45) is 5.92 Å². The van der Waals surface area contributed by atoms with Crippen molar-refractivity contribution in [1.82, 2.24) is 9.47 Å². The first-order chi connectivity index (χ1) is 23.0. The normalized spacial score (nSPS) is 22.2. The minimum absolute atomic E-state index is 0.0419. The minimum Gasteiger partial charge on any atom is -0.459 e. The third-order valence-corrected chi connectivity index (χ3v) is 7.99. The summed E-state index contributed by atoms with van der Waals surface area (Å²) in [5, 5.41) is 9.85. The second-order valence-corrected chi connectivity index (χ2v) is 11.1. The number of hydrogen-bond acceptors (Lipinski definition) is 11. The van der Waals surface area contributed by atoms with Gasteiger partial charge in [0, 0.05) is 56.6 Å². The molecule has 2 aromatic rings. The number of nitrogens with zero attached hydrogens (tertiary/aromatic N) is 2. The van der Waals surface area contributed by atoms with Crippen molar-refractivity contribution in [3.8, 4) is 0 Å². The lowest BCUT2D eigenvalue weighted by molar-refractivity contribution is -0.172. The number of aliphatic hydroxyl groups is 1. The number of allylic oxidation sites excluding steroid dienone is 1. The smallest absolute Gasteiger partial charge is 0.288 e. The van der Waals surface area contributed by atoms with E-state index in [0.717, 1.165) is 16.5 Å². The molecule has 47 heavy (non-hydrogen) atoms. The molecular formula is C34H50N2O11. The Hall–Kier alpha value is -2.88. The van der Waals surface area contributed by atoms with Gasteiger partial charge in [-0.25, -0.2) is 0 Å². The van der Waals surface area contributed by atoms with E-state index in [1.54, 1.807) is 9.47 Å². The van der Waals surface area contributed by atoms with E-state index in [-0.39, 0.29) is 42.6 Å². The van der Waals surface area contributed by atoms with Gasteiger partial charge < -0.3 is 47.9 Å². The van der Waals surface area contributed by atoms with Crippen LogP contribution in [0.2, 0.25) is 0 Å². The highest BCUT2D eigenvalue weighted by molar-refractivity contribution is 5.95. The molecule has 0 saturated carbocycles. The highest BCUT2D eigenvalue weighted by Crippen LogP contribution is 2.42.